The summed E-state index contributed by atoms with van der Waals surface area (Å²) in [6.07, 6.45) is 5.90. The predicted molar refractivity (Wildman–Crippen MR) is 70.7 cm³/mol. The summed E-state index contributed by atoms with van der Waals surface area (Å²) in [5.41, 5.74) is 0.807. The zero-order valence-corrected chi connectivity index (χ0v) is 10.8. The lowest BCUT2D eigenvalue weighted by Crippen LogP contribution is -2.40. The van der Waals surface area contributed by atoms with Crippen molar-refractivity contribution in [3.05, 3.63) is 40.8 Å². The van der Waals surface area contributed by atoms with E-state index >= 15 is 0 Å². The van der Waals surface area contributed by atoms with E-state index in [4.69, 9.17) is 0 Å². The molecule has 0 N–H and O–H groups in total. The van der Waals surface area contributed by atoms with Gasteiger partial charge in [-0.1, -0.05) is 0 Å². The van der Waals surface area contributed by atoms with Crippen molar-refractivity contribution in [3.63, 3.8) is 0 Å². The monoisotopic (exact) mass is 261 g/mol. The van der Waals surface area contributed by atoms with Crippen LogP contribution in [-0.2, 0) is 0 Å². The molecule has 1 aliphatic rings. The van der Waals surface area contributed by atoms with Gasteiger partial charge in [-0.05, 0) is 30.4 Å². The fourth-order valence-electron chi connectivity index (χ4n) is 2.42. The molecule has 18 heavy (non-hydrogen) atoms. The highest BCUT2D eigenvalue weighted by molar-refractivity contribution is 7.08. The first-order chi connectivity index (χ1) is 8.84. The molecule has 1 aliphatic heterocycles. The van der Waals surface area contributed by atoms with Gasteiger partial charge in [0.25, 0.3) is 5.91 Å². The first-order valence-corrected chi connectivity index (χ1v) is 7.09. The SMILES string of the molecule is O=C(c1ccsc1)N1CCC[C@H](n2cccn2)C1. The van der Waals surface area contributed by atoms with Crippen molar-refractivity contribution < 1.29 is 4.79 Å². The average Bonchev–Trinajstić information content (AvgIpc) is 3.11. The molecule has 2 aromatic heterocycles. The van der Waals surface area contributed by atoms with Crippen LogP contribution in [0, 0.1) is 0 Å². The maximum absolute atomic E-state index is 12.3. The number of nitrogens with zero attached hydrogens (tertiary/aromatic N) is 3. The van der Waals surface area contributed by atoms with Gasteiger partial charge in [0.2, 0.25) is 0 Å². The average molecular weight is 261 g/mol. The largest absolute Gasteiger partial charge is 0.336 e. The minimum atomic E-state index is 0.146. The second-order valence-electron chi connectivity index (χ2n) is 4.55. The Hall–Kier alpha value is -1.62. The lowest BCUT2D eigenvalue weighted by Gasteiger charge is -2.32. The molecule has 0 radical (unpaired) electrons. The van der Waals surface area contributed by atoms with Crippen LogP contribution >= 0.6 is 11.3 Å². The van der Waals surface area contributed by atoms with Crippen molar-refractivity contribution in [3.8, 4) is 0 Å². The molecule has 3 rings (SSSR count). The van der Waals surface area contributed by atoms with Crippen LogP contribution in [0.2, 0.25) is 0 Å². The van der Waals surface area contributed by atoms with Crippen molar-refractivity contribution in [1.82, 2.24) is 14.7 Å². The fourth-order valence-corrected chi connectivity index (χ4v) is 3.05. The Labute approximate surface area is 110 Å². The van der Waals surface area contributed by atoms with Gasteiger partial charge in [0.1, 0.15) is 0 Å². The number of carbonyl (C=O) groups is 1. The standard InChI is InChI=1S/C13H15N3OS/c17-13(11-4-8-18-10-11)15-6-1-3-12(9-15)16-7-2-5-14-16/h2,4-5,7-8,10,12H,1,3,6,9H2/t12-/m0/s1. The Bertz CT molecular complexity index is 506. The van der Waals surface area contributed by atoms with Gasteiger partial charge in [0.15, 0.2) is 0 Å². The van der Waals surface area contributed by atoms with E-state index in [9.17, 15) is 4.79 Å². The molecule has 0 aliphatic carbocycles. The third-order valence-electron chi connectivity index (χ3n) is 3.35. The van der Waals surface area contributed by atoms with Crippen LogP contribution in [0.25, 0.3) is 0 Å². The van der Waals surface area contributed by atoms with Crippen LogP contribution in [-0.4, -0.2) is 33.7 Å². The highest BCUT2D eigenvalue weighted by Gasteiger charge is 2.25. The molecule has 3 heterocycles. The third kappa shape index (κ3) is 2.18. The number of hydrogen-bond acceptors (Lipinski definition) is 3. The number of piperidine rings is 1. The molecule has 0 saturated carbocycles. The van der Waals surface area contributed by atoms with E-state index in [2.05, 4.69) is 5.10 Å². The van der Waals surface area contributed by atoms with Gasteiger partial charge < -0.3 is 4.90 Å². The zero-order chi connectivity index (χ0) is 12.4. The summed E-state index contributed by atoms with van der Waals surface area (Å²) in [4.78, 5) is 14.2. The van der Waals surface area contributed by atoms with Gasteiger partial charge in [-0.2, -0.15) is 16.4 Å². The number of aromatic nitrogens is 2. The molecule has 0 spiro atoms. The Kier molecular flexibility index (Phi) is 3.15. The van der Waals surface area contributed by atoms with Crippen molar-refractivity contribution in [2.45, 2.75) is 18.9 Å². The summed E-state index contributed by atoms with van der Waals surface area (Å²) >= 11 is 1.57. The van der Waals surface area contributed by atoms with Gasteiger partial charge in [-0.25, -0.2) is 0 Å². The summed E-state index contributed by atoms with van der Waals surface area (Å²) in [7, 11) is 0. The molecule has 0 unspecified atom stereocenters. The van der Waals surface area contributed by atoms with E-state index in [-0.39, 0.29) is 5.91 Å². The molecule has 94 valence electrons. The molecule has 1 fully saturated rings. The highest BCUT2D eigenvalue weighted by atomic mass is 32.1. The van der Waals surface area contributed by atoms with E-state index in [1.54, 1.807) is 17.5 Å². The van der Waals surface area contributed by atoms with E-state index < -0.39 is 0 Å². The fraction of sp³-hybridized carbons (Fsp3) is 0.385. The maximum Gasteiger partial charge on any atom is 0.254 e. The highest BCUT2D eigenvalue weighted by Crippen LogP contribution is 2.22. The molecule has 1 atom stereocenters. The number of thiophene rings is 1. The van der Waals surface area contributed by atoms with Crippen LogP contribution < -0.4 is 0 Å². The van der Waals surface area contributed by atoms with Gasteiger partial charge in [-0.15, -0.1) is 0 Å². The van der Waals surface area contributed by atoms with Crippen LogP contribution in [0.15, 0.2) is 35.3 Å². The van der Waals surface area contributed by atoms with Crippen LogP contribution in [0.5, 0.6) is 0 Å². The number of hydrogen-bond donors (Lipinski definition) is 0. The topological polar surface area (TPSA) is 38.1 Å². The Morgan fingerprint density at radius 2 is 2.44 bits per heavy atom. The van der Waals surface area contributed by atoms with Crippen molar-refractivity contribution in [2.24, 2.45) is 0 Å². The molecule has 5 heteroatoms. The van der Waals surface area contributed by atoms with Crippen LogP contribution in [0.4, 0.5) is 0 Å². The predicted octanol–water partition coefficient (Wildman–Crippen LogP) is 2.42. The summed E-state index contributed by atoms with van der Waals surface area (Å²) in [6.45, 7) is 1.61. The Balaban J connectivity index is 1.73. The van der Waals surface area contributed by atoms with Crippen molar-refractivity contribution in [2.75, 3.05) is 13.1 Å². The molecule has 1 amide bonds. The van der Waals surface area contributed by atoms with Crippen LogP contribution in [0.1, 0.15) is 29.2 Å². The quantitative estimate of drug-likeness (QED) is 0.832. The lowest BCUT2D eigenvalue weighted by atomic mass is 10.1. The van der Waals surface area contributed by atoms with E-state index in [1.807, 2.05) is 38.7 Å². The molecule has 0 bridgehead atoms. The van der Waals surface area contributed by atoms with Crippen LogP contribution in [0.3, 0.4) is 0 Å². The van der Waals surface area contributed by atoms with Gasteiger partial charge in [-0.3, -0.25) is 9.48 Å². The third-order valence-corrected chi connectivity index (χ3v) is 4.03. The lowest BCUT2D eigenvalue weighted by molar-refractivity contribution is 0.0673. The Morgan fingerprint density at radius 3 is 3.17 bits per heavy atom. The smallest absolute Gasteiger partial charge is 0.254 e. The molecule has 4 nitrogen and oxygen atoms in total. The first kappa shape index (κ1) is 11.5. The maximum atomic E-state index is 12.3. The summed E-state index contributed by atoms with van der Waals surface area (Å²) in [5.74, 6) is 0.146. The van der Waals surface area contributed by atoms with E-state index in [1.165, 1.54) is 0 Å². The van der Waals surface area contributed by atoms with Crippen molar-refractivity contribution >= 4 is 17.2 Å². The van der Waals surface area contributed by atoms with E-state index in [0.717, 1.165) is 31.5 Å². The van der Waals surface area contributed by atoms with E-state index in [0.29, 0.717) is 6.04 Å². The minimum absolute atomic E-state index is 0.146. The number of likely N-dealkylation sites (tertiary alicyclic amines) is 1. The molecular formula is C13H15N3OS. The van der Waals surface area contributed by atoms with Gasteiger partial charge in [0.05, 0.1) is 11.6 Å². The normalized spacial score (nSPS) is 20.0. The summed E-state index contributed by atoms with van der Waals surface area (Å²) in [6, 6.07) is 4.14. The van der Waals surface area contributed by atoms with Gasteiger partial charge in [0, 0.05) is 30.9 Å². The summed E-state index contributed by atoms with van der Waals surface area (Å²) < 4.78 is 1.97. The second-order valence-corrected chi connectivity index (χ2v) is 5.33. The molecule has 2 aromatic rings. The second kappa shape index (κ2) is 4.94. The molecular weight excluding hydrogens is 246 g/mol. The Morgan fingerprint density at radius 1 is 1.50 bits per heavy atom. The number of carbonyl (C=O) groups excluding carboxylic acids is 1. The first-order valence-electron chi connectivity index (χ1n) is 6.15. The zero-order valence-electron chi connectivity index (χ0n) is 10.0. The molecule has 1 saturated heterocycles. The van der Waals surface area contributed by atoms with Gasteiger partial charge >= 0.3 is 0 Å². The number of amides is 1. The van der Waals surface area contributed by atoms with Crippen molar-refractivity contribution in [1.29, 1.82) is 0 Å². The molecule has 0 aromatic carbocycles. The number of rotatable bonds is 2. The minimum Gasteiger partial charge on any atom is -0.336 e. The summed E-state index contributed by atoms with van der Waals surface area (Å²) in [5, 5.41) is 8.14.